The zero-order chi connectivity index (χ0) is 63.1. The summed E-state index contributed by atoms with van der Waals surface area (Å²) in [7, 11) is 6.40. The first kappa shape index (κ1) is 70.1. The van der Waals surface area contributed by atoms with Gasteiger partial charge in [-0.05, 0) is 75.9 Å². The van der Waals surface area contributed by atoms with Gasteiger partial charge in [0.25, 0.3) is 0 Å². The van der Waals surface area contributed by atoms with Gasteiger partial charge in [-0.3, -0.25) is 24.5 Å². The Morgan fingerprint density at radius 3 is 2.16 bits per heavy atom. The number of amides is 5. The summed E-state index contributed by atoms with van der Waals surface area (Å²) in [6.07, 6.45) is 1.08. The van der Waals surface area contributed by atoms with Gasteiger partial charge in [0.1, 0.15) is 30.0 Å². The van der Waals surface area contributed by atoms with Crippen molar-refractivity contribution in [3.8, 4) is 0 Å². The summed E-state index contributed by atoms with van der Waals surface area (Å²) in [6, 6.07) is 12.9. The molecule has 2 fully saturated rings. The first-order valence-electron chi connectivity index (χ1n) is 29.7. The molecule has 5 N–H and O–H groups in total. The molecular weight excluding hydrogens is 1150 g/mol. The van der Waals surface area contributed by atoms with Crippen molar-refractivity contribution < 1.29 is 81.2 Å². The molecule has 3 aromatic rings. The number of hydrogen-bond donors (Lipinski definition) is 5. The number of alkyl carbamates (subject to hydrolysis) is 1. The highest BCUT2D eigenvalue weighted by Gasteiger charge is 2.64. The van der Waals surface area contributed by atoms with E-state index in [9.17, 15) is 33.9 Å². The van der Waals surface area contributed by atoms with Crippen LogP contribution in [0.4, 0.5) is 10.5 Å². The average molecular weight is 1240 g/mol. The minimum atomic E-state index is -1.85. The number of ether oxygens (including phenoxy) is 10. The van der Waals surface area contributed by atoms with Crippen LogP contribution in [-0.2, 0) is 90.9 Å². The van der Waals surface area contributed by atoms with E-state index in [1.807, 2.05) is 63.4 Å². The molecule has 4 heterocycles. The van der Waals surface area contributed by atoms with Gasteiger partial charge in [0, 0.05) is 70.8 Å². The molecule has 2 aromatic carbocycles. The monoisotopic (exact) mass is 1240 g/mol. The van der Waals surface area contributed by atoms with Crippen LogP contribution < -0.4 is 26.2 Å². The summed E-state index contributed by atoms with van der Waals surface area (Å²) in [5.41, 5.74) is 2.12. The lowest BCUT2D eigenvalue weighted by Gasteiger charge is -2.42. The molecule has 1 unspecified atom stereocenters. The minimum Gasteiger partial charge on any atom is -0.457 e. The average Bonchev–Trinajstić information content (AvgIpc) is 1.62. The Morgan fingerprint density at radius 2 is 1.52 bits per heavy atom. The predicted octanol–water partition coefficient (Wildman–Crippen LogP) is 4.30. The van der Waals surface area contributed by atoms with E-state index in [1.54, 1.807) is 33.0 Å². The molecule has 1 aromatic heterocycles. The third-order valence-electron chi connectivity index (χ3n) is 15.7. The fourth-order valence-corrected chi connectivity index (χ4v) is 10.7. The molecule has 4 bridgehead atoms. The van der Waals surface area contributed by atoms with Crippen molar-refractivity contribution in [3.63, 3.8) is 0 Å². The van der Waals surface area contributed by atoms with E-state index < -0.39 is 65.7 Å². The van der Waals surface area contributed by atoms with E-state index in [-0.39, 0.29) is 69.8 Å². The molecule has 87 heavy (non-hydrogen) atoms. The van der Waals surface area contributed by atoms with Gasteiger partial charge < -0.3 is 82.8 Å². The fourth-order valence-electron chi connectivity index (χ4n) is 10.5. The summed E-state index contributed by atoms with van der Waals surface area (Å²) in [5, 5.41) is 24.5. The normalized spacial score (nSPS) is 23.6. The summed E-state index contributed by atoms with van der Waals surface area (Å²) in [5.74, 6) is -2.63. The Bertz CT molecular complexity index is 2830. The molecule has 6 rings (SSSR count). The number of aryl methyl sites for hydroxylation is 2. The van der Waals surface area contributed by atoms with Crippen molar-refractivity contribution in [3.05, 3.63) is 88.1 Å². The van der Waals surface area contributed by atoms with Crippen LogP contribution in [0.15, 0.2) is 66.3 Å². The molecule has 24 nitrogen and oxygen atoms in total. The third-order valence-corrected chi connectivity index (χ3v) is 16.2. The number of allylic oxidation sites excluding steroid dienone is 3. The highest BCUT2D eigenvalue weighted by Crippen LogP contribution is 2.49. The number of nitrogens with zero attached hydrogens (tertiary/aromatic N) is 3. The van der Waals surface area contributed by atoms with E-state index in [1.165, 1.54) is 30.9 Å². The SMILES string of the molecule is CNCc1cc2ccccc2n1CCC(=O)NCC(=O)NCCOCCOCCOCCOCCOCCOCCC(=O)N(C)[C@@H](C)C(=O)O[C@H]1CC(=O)N(C)c2cc(cc(C)c2Cl)C/C(C)=C/C=C/[C@@H](OC)[C@]2(O)C[C@H](OC(=O)N2)[C@@H](C)C2O[C@]21C. The number of hydrogen-bond acceptors (Lipinski definition) is 18. The third kappa shape index (κ3) is 20.8. The molecule has 0 aliphatic carbocycles. The number of epoxide rings is 1. The highest BCUT2D eigenvalue weighted by molar-refractivity contribution is 6.34. The lowest BCUT2D eigenvalue weighted by Crippen LogP contribution is -2.63. The summed E-state index contributed by atoms with van der Waals surface area (Å²) in [4.78, 5) is 82.0. The second-order valence-corrected chi connectivity index (χ2v) is 22.6. The maximum Gasteiger partial charge on any atom is 0.409 e. The molecule has 482 valence electrons. The lowest BCUT2D eigenvalue weighted by atomic mass is 9.83. The smallest absolute Gasteiger partial charge is 0.409 e. The number of aromatic nitrogens is 1. The Balaban J connectivity index is 0.811. The zero-order valence-corrected chi connectivity index (χ0v) is 52.5. The molecule has 25 heteroatoms. The topological polar surface area (TPSA) is 278 Å². The van der Waals surface area contributed by atoms with Crippen molar-refractivity contribution in [2.24, 2.45) is 5.92 Å². The Labute approximate surface area is 515 Å². The quantitative estimate of drug-likeness (QED) is 0.0331. The molecule has 5 amide bonds. The van der Waals surface area contributed by atoms with Gasteiger partial charge in [-0.1, -0.05) is 66.6 Å². The molecule has 3 aliphatic heterocycles. The largest absolute Gasteiger partial charge is 0.457 e. The van der Waals surface area contributed by atoms with Gasteiger partial charge in [0.05, 0.1) is 115 Å². The maximum atomic E-state index is 14.3. The molecular formula is C62H90ClN7O17. The first-order chi connectivity index (χ1) is 41.7. The Morgan fingerprint density at radius 1 is 0.885 bits per heavy atom. The van der Waals surface area contributed by atoms with Crippen molar-refractivity contribution in [2.45, 2.75) is 122 Å². The van der Waals surface area contributed by atoms with Crippen LogP contribution in [0.3, 0.4) is 0 Å². The van der Waals surface area contributed by atoms with Gasteiger partial charge in [0.15, 0.2) is 5.72 Å². The van der Waals surface area contributed by atoms with Crippen molar-refractivity contribution in [2.75, 3.05) is 126 Å². The van der Waals surface area contributed by atoms with E-state index in [4.69, 9.17) is 59.0 Å². The number of benzene rings is 2. The maximum absolute atomic E-state index is 14.3. The summed E-state index contributed by atoms with van der Waals surface area (Å²) in [6.45, 7) is 14.0. The number of nitrogens with one attached hydrogen (secondary N) is 4. The van der Waals surface area contributed by atoms with E-state index in [0.717, 1.165) is 33.3 Å². The van der Waals surface area contributed by atoms with E-state index in [2.05, 4.69) is 31.9 Å². The van der Waals surface area contributed by atoms with Crippen molar-refractivity contribution in [1.29, 1.82) is 0 Å². The van der Waals surface area contributed by atoms with E-state index >= 15 is 0 Å². The number of esters is 1. The van der Waals surface area contributed by atoms with Gasteiger partial charge in [-0.25, -0.2) is 9.59 Å². The number of anilines is 1. The summed E-state index contributed by atoms with van der Waals surface area (Å²) < 4.78 is 59.3. The second-order valence-electron chi connectivity index (χ2n) is 22.2. The highest BCUT2D eigenvalue weighted by atomic mass is 35.5. The molecule has 0 radical (unpaired) electrons. The van der Waals surface area contributed by atoms with Crippen LogP contribution in [-0.4, -0.2) is 213 Å². The van der Waals surface area contributed by atoms with Crippen LogP contribution >= 0.6 is 11.6 Å². The van der Waals surface area contributed by atoms with Crippen LogP contribution in [0, 0.1) is 12.8 Å². The summed E-state index contributed by atoms with van der Waals surface area (Å²) >= 11 is 6.83. The molecule has 0 saturated carbocycles. The Kier molecular flexibility index (Phi) is 27.9. The minimum absolute atomic E-state index is 0.0298. The number of fused-ring (bicyclic) bond motifs is 6. The van der Waals surface area contributed by atoms with Crippen LogP contribution in [0.2, 0.25) is 5.02 Å². The number of aliphatic hydroxyl groups is 1. The zero-order valence-electron chi connectivity index (χ0n) is 51.8. The number of halogens is 1. The number of carbonyl (C=O) groups excluding carboxylic acids is 6. The van der Waals surface area contributed by atoms with Crippen LogP contribution in [0.1, 0.15) is 70.2 Å². The fraction of sp³-hybridized carbons (Fsp3) is 0.613. The Hall–Kier alpha value is -6.03. The van der Waals surface area contributed by atoms with Crippen LogP contribution in [0.5, 0.6) is 0 Å². The van der Waals surface area contributed by atoms with Gasteiger partial charge in [0.2, 0.25) is 23.6 Å². The van der Waals surface area contributed by atoms with Crippen molar-refractivity contribution >= 4 is 63.9 Å². The molecule has 2 saturated heterocycles. The second kappa shape index (κ2) is 34.7. The molecule has 8 atom stereocenters. The lowest BCUT2D eigenvalue weighted by molar-refractivity contribution is -0.162. The van der Waals surface area contributed by atoms with E-state index in [0.29, 0.717) is 96.2 Å². The standard InChI is InChI=1S/C62H90ClN7O17/c1-41-13-12-16-51(78-9)62(77)38-50(85-60(76)67-62)43(3)58-61(5,87-58)52(37-56(74)69(8)49-35-45(33-41)34-42(2)57(49)63)86-59(75)44(4)68(7)55(73)18-21-79-23-25-81-27-29-83-31-32-84-30-28-82-26-24-80-22-19-65-54(72)40-66-53(71)17-20-70-47(39-64-6)36-46-14-10-11-15-48(46)70/h10-16,34-36,43-44,50-52,58,64,77H,17-33,37-40H2,1-9H3,(H,65,72)(H,66,71)(H,67,76)/b16-12+,41-13+/t43-,44+,50+,51-,52+,58?,61+,62-/m1/s1. The number of likely N-dealkylation sites (N-methyl/N-ethyl adjacent to an activating group) is 1. The number of carbonyl (C=O) groups is 6. The number of para-hydroxylation sites is 1. The predicted molar refractivity (Wildman–Crippen MR) is 324 cm³/mol. The molecule has 0 spiro atoms. The van der Waals surface area contributed by atoms with Gasteiger partial charge in [-0.2, -0.15) is 0 Å². The first-order valence-corrected chi connectivity index (χ1v) is 30.1. The van der Waals surface area contributed by atoms with Gasteiger partial charge >= 0.3 is 12.1 Å². The van der Waals surface area contributed by atoms with Crippen LogP contribution in [0.25, 0.3) is 10.9 Å². The van der Waals surface area contributed by atoms with Gasteiger partial charge in [-0.15, -0.1) is 0 Å². The number of rotatable bonds is 32. The number of methoxy groups -OCH3 is 1. The van der Waals surface area contributed by atoms with Crippen molar-refractivity contribution in [1.82, 2.24) is 30.7 Å². The molecule has 3 aliphatic rings.